The van der Waals surface area contributed by atoms with Crippen LogP contribution in [-0.4, -0.2) is 24.4 Å². The van der Waals surface area contributed by atoms with Crippen molar-refractivity contribution >= 4 is 0 Å². The molecule has 0 fully saturated rings. The van der Waals surface area contributed by atoms with Crippen LogP contribution in [0, 0.1) is 0 Å². The maximum absolute atomic E-state index is 9.95. The Labute approximate surface area is 174 Å². The van der Waals surface area contributed by atoms with Gasteiger partial charge in [0.25, 0.3) is 0 Å². The summed E-state index contributed by atoms with van der Waals surface area (Å²) in [5.74, 6) is 1.14. The maximum atomic E-state index is 9.95. The lowest BCUT2D eigenvalue weighted by Gasteiger charge is -2.26. The fourth-order valence-corrected chi connectivity index (χ4v) is 3.39. The van der Waals surface area contributed by atoms with Gasteiger partial charge in [-0.3, -0.25) is 0 Å². The van der Waals surface area contributed by atoms with E-state index in [4.69, 9.17) is 14.2 Å². The second-order valence-electron chi connectivity index (χ2n) is 7.26. The van der Waals surface area contributed by atoms with E-state index in [2.05, 4.69) is 13.8 Å². The maximum Gasteiger partial charge on any atom is 0.160 e. The molecule has 160 valence electrons. The van der Waals surface area contributed by atoms with E-state index in [0.29, 0.717) is 11.5 Å². The summed E-state index contributed by atoms with van der Waals surface area (Å²) < 4.78 is 17.2. The van der Waals surface area contributed by atoms with Crippen molar-refractivity contribution in [3.8, 4) is 23.0 Å². The van der Waals surface area contributed by atoms with Gasteiger partial charge in [-0.1, -0.05) is 51.7 Å². The largest absolute Gasteiger partial charge is 0.504 e. The van der Waals surface area contributed by atoms with Gasteiger partial charge in [0, 0.05) is 0 Å². The molecular formula is C24H34O5. The monoisotopic (exact) mass is 402 g/mol. The smallest absolute Gasteiger partial charge is 0.160 e. The second kappa shape index (κ2) is 11.6. The van der Waals surface area contributed by atoms with Gasteiger partial charge >= 0.3 is 0 Å². The molecule has 2 aromatic carbocycles. The van der Waals surface area contributed by atoms with Crippen LogP contribution in [0.3, 0.4) is 0 Å². The Morgan fingerprint density at radius 2 is 1.14 bits per heavy atom. The van der Waals surface area contributed by atoms with Gasteiger partial charge in [-0.05, 0) is 48.2 Å². The molecule has 0 aliphatic heterocycles. The molecule has 0 heterocycles. The highest BCUT2D eigenvalue weighted by atomic mass is 16.5. The third kappa shape index (κ3) is 6.29. The molecule has 0 aromatic heterocycles. The average Bonchev–Trinajstić information content (AvgIpc) is 2.74. The molecule has 5 nitrogen and oxygen atoms in total. The first-order chi connectivity index (χ1) is 14.0. The predicted molar refractivity (Wildman–Crippen MR) is 115 cm³/mol. The zero-order valence-corrected chi connectivity index (χ0v) is 18.0. The Bertz CT molecular complexity index is 695. The quantitative estimate of drug-likeness (QED) is 0.436. The molecule has 5 heteroatoms. The van der Waals surface area contributed by atoms with Crippen molar-refractivity contribution in [2.24, 2.45) is 0 Å². The van der Waals surface area contributed by atoms with E-state index in [9.17, 15) is 10.2 Å². The first-order valence-electron chi connectivity index (χ1n) is 10.4. The van der Waals surface area contributed by atoms with E-state index in [0.717, 1.165) is 49.7 Å². The highest BCUT2D eigenvalue weighted by Crippen LogP contribution is 2.38. The Kier molecular flexibility index (Phi) is 9.13. The number of ether oxygens (including phenoxy) is 3. The molecule has 0 saturated carbocycles. The molecular weight excluding hydrogens is 368 g/mol. The second-order valence-corrected chi connectivity index (χ2v) is 7.26. The minimum absolute atomic E-state index is 0.119. The normalized spacial score (nSPS) is 13.1. The first-order valence-corrected chi connectivity index (χ1v) is 10.4. The van der Waals surface area contributed by atoms with Gasteiger partial charge in [0.2, 0.25) is 0 Å². The number of aromatic hydroxyl groups is 2. The lowest BCUT2D eigenvalue weighted by atomic mass is 9.99. The number of benzene rings is 2. The molecule has 2 aromatic rings. The number of hydrogen-bond donors (Lipinski definition) is 2. The molecule has 2 rings (SSSR count). The van der Waals surface area contributed by atoms with Crippen LogP contribution in [0.2, 0.25) is 0 Å². The van der Waals surface area contributed by atoms with Crippen LogP contribution in [0.4, 0.5) is 0 Å². The molecule has 2 N–H and O–H groups in total. The van der Waals surface area contributed by atoms with Gasteiger partial charge in [-0.15, -0.1) is 0 Å². The Morgan fingerprint density at radius 3 is 1.48 bits per heavy atom. The van der Waals surface area contributed by atoms with E-state index in [1.54, 1.807) is 26.4 Å². The van der Waals surface area contributed by atoms with Crippen LogP contribution in [-0.2, 0) is 4.74 Å². The van der Waals surface area contributed by atoms with Crippen molar-refractivity contribution in [1.82, 2.24) is 0 Å². The number of phenolic OH excluding ortho intramolecular Hbond substituents is 2. The predicted octanol–water partition coefficient (Wildman–Crippen LogP) is 6.29. The number of rotatable bonds is 12. The molecule has 29 heavy (non-hydrogen) atoms. The Hall–Kier alpha value is -2.40. The molecule has 0 radical (unpaired) electrons. The standard InChI is InChI=1S/C24H34O5/c1-5-7-9-21(17-11-13-19(25)23(15-17)27-3)29-22(10-8-6-2)18-12-14-20(26)24(16-18)28-4/h11-16,21-22,25-26H,5-10H2,1-4H3. The van der Waals surface area contributed by atoms with Crippen LogP contribution in [0.15, 0.2) is 36.4 Å². The minimum atomic E-state index is -0.119. The topological polar surface area (TPSA) is 68.2 Å². The fraction of sp³-hybridized carbons (Fsp3) is 0.500. The van der Waals surface area contributed by atoms with Crippen LogP contribution in [0.1, 0.15) is 75.7 Å². The summed E-state index contributed by atoms with van der Waals surface area (Å²) in [5.41, 5.74) is 1.97. The number of hydrogen-bond acceptors (Lipinski definition) is 5. The zero-order chi connectivity index (χ0) is 21.2. The Balaban J connectivity index is 2.34. The van der Waals surface area contributed by atoms with Crippen molar-refractivity contribution in [3.63, 3.8) is 0 Å². The van der Waals surface area contributed by atoms with Crippen LogP contribution in [0.25, 0.3) is 0 Å². The first kappa shape index (κ1) is 22.9. The van der Waals surface area contributed by atoms with E-state index in [-0.39, 0.29) is 23.7 Å². The van der Waals surface area contributed by atoms with Crippen LogP contribution in [0.5, 0.6) is 23.0 Å². The van der Waals surface area contributed by atoms with E-state index < -0.39 is 0 Å². The van der Waals surface area contributed by atoms with Crippen molar-refractivity contribution < 1.29 is 24.4 Å². The summed E-state index contributed by atoms with van der Waals surface area (Å²) in [6, 6.07) is 10.8. The molecule has 0 aliphatic rings. The number of unbranched alkanes of at least 4 members (excludes halogenated alkanes) is 2. The lowest BCUT2D eigenvalue weighted by molar-refractivity contribution is -0.0262. The minimum Gasteiger partial charge on any atom is -0.504 e. The summed E-state index contributed by atoms with van der Waals surface area (Å²) in [6.45, 7) is 4.32. The fourth-order valence-electron chi connectivity index (χ4n) is 3.39. The van der Waals surface area contributed by atoms with Gasteiger partial charge in [-0.25, -0.2) is 0 Å². The summed E-state index contributed by atoms with van der Waals surface area (Å²) >= 11 is 0. The van der Waals surface area contributed by atoms with Crippen molar-refractivity contribution in [2.75, 3.05) is 14.2 Å². The van der Waals surface area contributed by atoms with Crippen molar-refractivity contribution in [1.29, 1.82) is 0 Å². The number of phenols is 2. The molecule has 0 saturated heterocycles. The lowest BCUT2D eigenvalue weighted by Crippen LogP contribution is -2.12. The van der Waals surface area contributed by atoms with Gasteiger partial charge in [-0.2, -0.15) is 0 Å². The molecule has 2 atom stereocenters. The molecule has 0 bridgehead atoms. The van der Waals surface area contributed by atoms with Crippen LogP contribution < -0.4 is 9.47 Å². The van der Waals surface area contributed by atoms with E-state index in [1.165, 1.54) is 0 Å². The summed E-state index contributed by atoms with van der Waals surface area (Å²) in [5, 5.41) is 19.9. The molecule has 0 spiro atoms. The molecule has 0 amide bonds. The third-order valence-electron chi connectivity index (χ3n) is 5.12. The van der Waals surface area contributed by atoms with Gasteiger partial charge in [0.1, 0.15) is 0 Å². The zero-order valence-electron chi connectivity index (χ0n) is 18.0. The summed E-state index contributed by atoms with van der Waals surface area (Å²) in [6.07, 6.45) is 5.73. The average molecular weight is 403 g/mol. The third-order valence-corrected chi connectivity index (χ3v) is 5.12. The Morgan fingerprint density at radius 1 is 0.724 bits per heavy atom. The van der Waals surface area contributed by atoms with Crippen LogP contribution >= 0.6 is 0 Å². The number of methoxy groups -OCH3 is 2. The van der Waals surface area contributed by atoms with E-state index in [1.807, 2.05) is 24.3 Å². The highest BCUT2D eigenvalue weighted by Gasteiger charge is 2.22. The summed E-state index contributed by atoms with van der Waals surface area (Å²) in [7, 11) is 3.10. The van der Waals surface area contributed by atoms with Crippen molar-refractivity contribution in [3.05, 3.63) is 47.5 Å². The SMILES string of the molecule is CCCCC(OC(CCCC)c1ccc(O)c(OC)c1)c1ccc(O)c(OC)c1. The van der Waals surface area contributed by atoms with Gasteiger partial charge < -0.3 is 24.4 Å². The van der Waals surface area contributed by atoms with E-state index >= 15 is 0 Å². The van der Waals surface area contributed by atoms with Gasteiger partial charge in [0.05, 0.1) is 26.4 Å². The molecule has 0 aliphatic carbocycles. The summed E-state index contributed by atoms with van der Waals surface area (Å²) in [4.78, 5) is 0. The highest BCUT2D eigenvalue weighted by molar-refractivity contribution is 5.43. The van der Waals surface area contributed by atoms with Crippen molar-refractivity contribution in [2.45, 2.75) is 64.6 Å². The molecule has 2 unspecified atom stereocenters. The van der Waals surface area contributed by atoms with Gasteiger partial charge in [0.15, 0.2) is 23.0 Å².